The number of hydrogen-bond donors (Lipinski definition) is 1. The summed E-state index contributed by atoms with van der Waals surface area (Å²) in [6.45, 7) is 2.38. The zero-order chi connectivity index (χ0) is 16.2. The van der Waals surface area contributed by atoms with Crippen LogP contribution < -0.4 is 5.32 Å². The summed E-state index contributed by atoms with van der Waals surface area (Å²) in [5, 5.41) is 11.9. The fourth-order valence-corrected chi connectivity index (χ4v) is 2.70. The molecule has 1 aromatic carbocycles. The van der Waals surface area contributed by atoms with Crippen molar-refractivity contribution in [1.29, 1.82) is 5.26 Å². The molecule has 1 N–H and O–H groups in total. The minimum Gasteiger partial charge on any atom is -0.467 e. The zero-order valence-corrected chi connectivity index (χ0v) is 13.0. The first-order chi connectivity index (χ1) is 11.2. The first-order valence-corrected chi connectivity index (χ1v) is 7.77. The van der Waals surface area contributed by atoms with Crippen molar-refractivity contribution in [2.24, 2.45) is 0 Å². The molecule has 1 heterocycles. The van der Waals surface area contributed by atoms with Gasteiger partial charge in [-0.05, 0) is 49.6 Å². The van der Waals surface area contributed by atoms with Gasteiger partial charge >= 0.3 is 6.03 Å². The summed E-state index contributed by atoms with van der Waals surface area (Å²) in [6.07, 6.45) is 3.69. The van der Waals surface area contributed by atoms with E-state index in [2.05, 4.69) is 11.4 Å². The molecule has 0 saturated heterocycles. The van der Waals surface area contributed by atoms with Crippen molar-refractivity contribution in [3.05, 3.63) is 59.5 Å². The van der Waals surface area contributed by atoms with Gasteiger partial charge in [0, 0.05) is 12.6 Å². The molecule has 0 spiro atoms. The fourth-order valence-electron chi connectivity index (χ4n) is 2.70. The van der Waals surface area contributed by atoms with E-state index in [4.69, 9.17) is 9.68 Å². The first kappa shape index (κ1) is 15.2. The molecule has 1 aliphatic carbocycles. The van der Waals surface area contributed by atoms with Crippen molar-refractivity contribution in [2.45, 2.75) is 38.4 Å². The molecule has 5 heteroatoms. The number of nitrogens with zero attached hydrogens (tertiary/aromatic N) is 2. The number of nitrogens with one attached hydrogen (secondary N) is 1. The van der Waals surface area contributed by atoms with Crippen LogP contribution in [0.15, 0.2) is 47.1 Å². The number of hydrogen-bond acceptors (Lipinski definition) is 3. The summed E-state index contributed by atoms with van der Waals surface area (Å²) in [4.78, 5) is 14.5. The maximum Gasteiger partial charge on any atom is 0.318 e. The topological polar surface area (TPSA) is 69.3 Å². The van der Waals surface area contributed by atoms with Gasteiger partial charge in [0.15, 0.2) is 0 Å². The molecule has 1 fully saturated rings. The molecule has 1 aromatic heterocycles. The number of urea groups is 1. The molecule has 2 amide bonds. The van der Waals surface area contributed by atoms with E-state index >= 15 is 0 Å². The molecule has 3 rings (SSSR count). The summed E-state index contributed by atoms with van der Waals surface area (Å²) in [6, 6.07) is 13.2. The third-order valence-electron chi connectivity index (χ3n) is 4.05. The second kappa shape index (κ2) is 6.57. The van der Waals surface area contributed by atoms with Crippen LogP contribution in [0.2, 0.25) is 0 Å². The van der Waals surface area contributed by atoms with E-state index in [-0.39, 0.29) is 18.1 Å². The van der Waals surface area contributed by atoms with E-state index in [1.54, 1.807) is 18.4 Å². The van der Waals surface area contributed by atoms with E-state index in [0.29, 0.717) is 12.1 Å². The Kier molecular flexibility index (Phi) is 4.33. The van der Waals surface area contributed by atoms with Gasteiger partial charge in [0.2, 0.25) is 0 Å². The molecule has 5 nitrogen and oxygen atoms in total. The highest BCUT2D eigenvalue weighted by Gasteiger charge is 2.37. The fraction of sp³-hybridized carbons (Fsp3) is 0.333. The molecular formula is C18H19N3O2. The molecule has 2 aromatic rings. The van der Waals surface area contributed by atoms with Gasteiger partial charge in [0.05, 0.1) is 23.9 Å². The Balaban J connectivity index is 1.66. The largest absolute Gasteiger partial charge is 0.467 e. The average Bonchev–Trinajstić information content (AvgIpc) is 3.24. The van der Waals surface area contributed by atoms with Crippen molar-refractivity contribution in [2.75, 3.05) is 0 Å². The van der Waals surface area contributed by atoms with Gasteiger partial charge in [-0.3, -0.25) is 0 Å². The lowest BCUT2D eigenvalue weighted by molar-refractivity contribution is 0.166. The quantitative estimate of drug-likeness (QED) is 0.917. The lowest BCUT2D eigenvalue weighted by atomic mass is 10.1. The first-order valence-electron chi connectivity index (χ1n) is 7.77. The normalized spacial score (nSPS) is 14.8. The minimum absolute atomic E-state index is 0.0945. The summed E-state index contributed by atoms with van der Waals surface area (Å²) in [7, 11) is 0. The predicted molar refractivity (Wildman–Crippen MR) is 85.4 cm³/mol. The number of rotatable bonds is 5. The van der Waals surface area contributed by atoms with Crippen LogP contribution in [-0.2, 0) is 6.54 Å². The second-order valence-electron chi connectivity index (χ2n) is 5.80. The lowest BCUT2D eigenvalue weighted by Crippen LogP contribution is -2.42. The summed E-state index contributed by atoms with van der Waals surface area (Å²) >= 11 is 0. The Labute approximate surface area is 135 Å². The second-order valence-corrected chi connectivity index (χ2v) is 5.80. The number of benzene rings is 1. The SMILES string of the molecule is C[C@@H](c1ccco1)N(C(=O)NCc1cccc(C#N)c1)C1CC1. The van der Waals surface area contributed by atoms with Gasteiger partial charge in [-0.25, -0.2) is 4.79 Å². The molecule has 1 saturated carbocycles. The van der Waals surface area contributed by atoms with Gasteiger partial charge in [-0.1, -0.05) is 12.1 Å². The van der Waals surface area contributed by atoms with E-state index in [0.717, 1.165) is 24.2 Å². The van der Waals surface area contributed by atoms with E-state index in [1.807, 2.05) is 36.1 Å². The van der Waals surface area contributed by atoms with Crippen molar-refractivity contribution in [1.82, 2.24) is 10.2 Å². The van der Waals surface area contributed by atoms with Crippen molar-refractivity contribution >= 4 is 6.03 Å². The summed E-state index contributed by atoms with van der Waals surface area (Å²) in [5.41, 5.74) is 1.51. The molecular weight excluding hydrogens is 290 g/mol. The van der Waals surface area contributed by atoms with Crippen LogP contribution in [0.3, 0.4) is 0 Å². The van der Waals surface area contributed by atoms with Crippen molar-refractivity contribution in [3.63, 3.8) is 0 Å². The third kappa shape index (κ3) is 3.54. The van der Waals surface area contributed by atoms with Crippen LogP contribution in [0.1, 0.15) is 42.7 Å². The molecule has 0 aliphatic heterocycles. The van der Waals surface area contributed by atoms with E-state index in [1.165, 1.54) is 0 Å². The maximum atomic E-state index is 12.6. The number of carbonyl (C=O) groups is 1. The molecule has 0 bridgehead atoms. The molecule has 23 heavy (non-hydrogen) atoms. The number of furan rings is 1. The monoisotopic (exact) mass is 309 g/mol. The van der Waals surface area contributed by atoms with Crippen molar-refractivity contribution in [3.8, 4) is 6.07 Å². The summed E-state index contributed by atoms with van der Waals surface area (Å²) < 4.78 is 5.44. The third-order valence-corrected chi connectivity index (χ3v) is 4.05. The molecule has 0 radical (unpaired) electrons. The lowest BCUT2D eigenvalue weighted by Gasteiger charge is -2.28. The highest BCUT2D eigenvalue weighted by atomic mass is 16.3. The van der Waals surface area contributed by atoms with Crippen LogP contribution in [0.4, 0.5) is 4.79 Å². The van der Waals surface area contributed by atoms with Gasteiger partial charge in [0.25, 0.3) is 0 Å². The molecule has 1 aliphatic rings. The zero-order valence-electron chi connectivity index (χ0n) is 13.0. The number of nitriles is 1. The van der Waals surface area contributed by atoms with Crippen molar-refractivity contribution < 1.29 is 9.21 Å². The highest BCUT2D eigenvalue weighted by molar-refractivity contribution is 5.75. The maximum absolute atomic E-state index is 12.6. The average molecular weight is 309 g/mol. The summed E-state index contributed by atoms with van der Waals surface area (Å²) in [5.74, 6) is 0.790. The molecule has 118 valence electrons. The molecule has 1 atom stereocenters. The Morgan fingerprint density at radius 2 is 2.26 bits per heavy atom. The Morgan fingerprint density at radius 3 is 2.91 bits per heavy atom. The van der Waals surface area contributed by atoms with Gasteiger partial charge in [-0.2, -0.15) is 5.26 Å². The van der Waals surface area contributed by atoms with Gasteiger partial charge < -0.3 is 14.6 Å². The highest BCUT2D eigenvalue weighted by Crippen LogP contribution is 2.34. The Hall–Kier alpha value is -2.74. The minimum atomic E-state index is -0.0984. The predicted octanol–water partition coefficient (Wildman–Crippen LogP) is 3.59. The number of amides is 2. The van der Waals surface area contributed by atoms with Gasteiger partial charge in [0.1, 0.15) is 5.76 Å². The van der Waals surface area contributed by atoms with Crippen LogP contribution in [-0.4, -0.2) is 17.0 Å². The standard InChI is InChI=1S/C18H19N3O2/c1-13(17-6-3-9-23-17)21(16-7-8-16)18(22)20-12-15-5-2-4-14(10-15)11-19/h2-6,9-10,13,16H,7-8,12H2,1H3,(H,20,22)/t13-/m0/s1. The van der Waals surface area contributed by atoms with E-state index in [9.17, 15) is 4.79 Å². The van der Waals surface area contributed by atoms with Crippen LogP contribution in [0.5, 0.6) is 0 Å². The molecule has 0 unspecified atom stereocenters. The van der Waals surface area contributed by atoms with Crippen LogP contribution in [0.25, 0.3) is 0 Å². The van der Waals surface area contributed by atoms with Crippen LogP contribution >= 0.6 is 0 Å². The smallest absolute Gasteiger partial charge is 0.318 e. The Morgan fingerprint density at radius 1 is 1.43 bits per heavy atom. The van der Waals surface area contributed by atoms with Gasteiger partial charge in [-0.15, -0.1) is 0 Å². The van der Waals surface area contributed by atoms with Crippen LogP contribution in [0, 0.1) is 11.3 Å². The Bertz CT molecular complexity index is 714. The van der Waals surface area contributed by atoms with E-state index < -0.39 is 0 Å². The number of carbonyl (C=O) groups excluding carboxylic acids is 1.